The Morgan fingerprint density at radius 3 is 1.88 bits per heavy atom. The largest absolute Gasteiger partial charge is 0.410 e. The van der Waals surface area contributed by atoms with Crippen molar-refractivity contribution in [3.63, 3.8) is 0 Å². The average Bonchev–Trinajstić information content (AvgIpc) is 3.19. The van der Waals surface area contributed by atoms with Crippen molar-refractivity contribution in [2.75, 3.05) is 0 Å². The standard InChI is InChI=1S/C38H70O3Si2/c1-27(22-24-37(9,10)39)31-20-21-32-30(17-16-23-38(31,32)11)19-18-29-25-33(40-42(12,13)35(3,4)5)28(2)34(26-29)41-43(14,15)36(6,7)8/h18-19,27,31-34,39H,2,16-17,20-26H2,1,3-15H3/b30-19+/t27-,31-,32+,33-,34-,38-/m1/s1. The number of hydrogen-bond donors (Lipinski definition) is 1. The van der Waals surface area contributed by atoms with E-state index in [2.05, 4.69) is 100 Å². The Hall–Kier alpha value is -0.466. The summed E-state index contributed by atoms with van der Waals surface area (Å²) in [4.78, 5) is 0. The van der Waals surface area contributed by atoms with Gasteiger partial charge in [-0.1, -0.05) is 85.3 Å². The van der Waals surface area contributed by atoms with Gasteiger partial charge in [-0.2, -0.15) is 0 Å². The van der Waals surface area contributed by atoms with E-state index in [1.54, 1.807) is 5.57 Å². The van der Waals surface area contributed by atoms with Gasteiger partial charge in [0, 0.05) is 0 Å². The summed E-state index contributed by atoms with van der Waals surface area (Å²) in [6, 6.07) is 0. The van der Waals surface area contributed by atoms with E-state index in [0.717, 1.165) is 37.2 Å². The van der Waals surface area contributed by atoms with Crippen molar-refractivity contribution in [2.24, 2.45) is 23.2 Å². The van der Waals surface area contributed by atoms with Crippen LogP contribution in [0.5, 0.6) is 0 Å². The topological polar surface area (TPSA) is 38.7 Å². The van der Waals surface area contributed by atoms with Gasteiger partial charge in [-0.05, 0) is 137 Å². The number of aliphatic hydroxyl groups is 1. The van der Waals surface area contributed by atoms with Gasteiger partial charge in [0.1, 0.15) is 0 Å². The molecule has 3 rings (SSSR count). The summed E-state index contributed by atoms with van der Waals surface area (Å²) in [7, 11) is -3.94. The smallest absolute Gasteiger partial charge is 0.192 e. The van der Waals surface area contributed by atoms with Gasteiger partial charge in [0.2, 0.25) is 0 Å². The van der Waals surface area contributed by atoms with Gasteiger partial charge in [-0.15, -0.1) is 0 Å². The second kappa shape index (κ2) is 13.0. The Kier molecular flexibility index (Phi) is 11.2. The minimum Gasteiger partial charge on any atom is -0.410 e. The van der Waals surface area contributed by atoms with E-state index >= 15 is 0 Å². The quantitative estimate of drug-likeness (QED) is 0.203. The monoisotopic (exact) mass is 630 g/mol. The molecule has 3 saturated carbocycles. The predicted molar refractivity (Wildman–Crippen MR) is 192 cm³/mol. The van der Waals surface area contributed by atoms with Crippen LogP contribution in [-0.2, 0) is 8.85 Å². The molecule has 248 valence electrons. The van der Waals surface area contributed by atoms with Gasteiger partial charge in [-0.25, -0.2) is 0 Å². The van der Waals surface area contributed by atoms with Crippen LogP contribution in [-0.4, -0.2) is 39.6 Å². The molecule has 0 amide bonds. The molecule has 0 saturated heterocycles. The van der Waals surface area contributed by atoms with Crippen molar-refractivity contribution in [1.82, 2.24) is 0 Å². The van der Waals surface area contributed by atoms with Crippen molar-refractivity contribution >= 4 is 16.6 Å². The highest BCUT2D eigenvalue weighted by atomic mass is 28.4. The molecule has 3 aliphatic rings. The minimum absolute atomic E-state index is 0.0261. The molecule has 0 aromatic carbocycles. The number of rotatable bonds is 9. The minimum atomic E-state index is -1.97. The Balaban J connectivity index is 1.88. The lowest BCUT2D eigenvalue weighted by molar-refractivity contribution is 0.0461. The number of fused-ring (bicyclic) bond motifs is 1. The molecule has 3 nitrogen and oxygen atoms in total. The first-order valence-corrected chi connectivity index (χ1v) is 23.3. The van der Waals surface area contributed by atoms with Crippen LogP contribution in [0.3, 0.4) is 0 Å². The molecular formula is C38H70O3Si2. The second-order valence-corrected chi connectivity index (χ2v) is 28.2. The molecule has 0 spiro atoms. The highest BCUT2D eigenvalue weighted by Crippen LogP contribution is 2.60. The lowest BCUT2D eigenvalue weighted by Crippen LogP contribution is -2.49. The highest BCUT2D eigenvalue weighted by Gasteiger charge is 2.51. The first kappa shape index (κ1) is 37.0. The third-order valence-corrected chi connectivity index (χ3v) is 21.7. The fourth-order valence-corrected chi connectivity index (χ4v) is 10.3. The Morgan fingerprint density at radius 2 is 1.42 bits per heavy atom. The summed E-state index contributed by atoms with van der Waals surface area (Å²) in [5.74, 6) is 2.09. The van der Waals surface area contributed by atoms with Crippen molar-refractivity contribution < 1.29 is 14.0 Å². The Labute approximate surface area is 269 Å². The Morgan fingerprint density at radius 1 is 0.907 bits per heavy atom. The number of allylic oxidation sites excluding steroid dienone is 3. The van der Waals surface area contributed by atoms with Crippen LogP contribution >= 0.6 is 0 Å². The second-order valence-electron chi connectivity index (χ2n) is 18.7. The molecule has 0 heterocycles. The zero-order valence-electron chi connectivity index (χ0n) is 30.9. The molecule has 0 bridgehead atoms. The third-order valence-electron chi connectivity index (χ3n) is 12.7. The van der Waals surface area contributed by atoms with Gasteiger partial charge in [0.25, 0.3) is 0 Å². The SMILES string of the molecule is C=C1[C@H](O[Si](C)(C)C(C)(C)C)CC(=C/C=C2\CCC[C@]3(C)[C@@H]([C@H](C)CCC(C)(C)O)CC[C@@H]23)C[C@H]1O[Si](C)(C)C(C)(C)C. The lowest BCUT2D eigenvalue weighted by Gasteiger charge is -2.46. The van der Waals surface area contributed by atoms with Gasteiger partial charge < -0.3 is 14.0 Å². The maximum atomic E-state index is 10.4. The van der Waals surface area contributed by atoms with Crippen molar-refractivity contribution in [1.29, 1.82) is 0 Å². The van der Waals surface area contributed by atoms with Gasteiger partial charge in [0.15, 0.2) is 16.6 Å². The molecule has 3 aliphatic carbocycles. The van der Waals surface area contributed by atoms with Crippen LogP contribution in [0.1, 0.15) is 127 Å². The fraction of sp³-hybridized carbons (Fsp3) is 0.842. The molecule has 1 N–H and O–H groups in total. The molecular weight excluding hydrogens is 561 g/mol. The van der Waals surface area contributed by atoms with E-state index in [0.29, 0.717) is 17.3 Å². The van der Waals surface area contributed by atoms with Gasteiger partial charge >= 0.3 is 0 Å². The van der Waals surface area contributed by atoms with E-state index in [1.807, 2.05) is 13.8 Å². The summed E-state index contributed by atoms with van der Waals surface area (Å²) in [6.07, 6.45) is 15.4. The van der Waals surface area contributed by atoms with Gasteiger partial charge in [-0.3, -0.25) is 0 Å². The summed E-state index contributed by atoms with van der Waals surface area (Å²) in [5.41, 5.74) is 4.10. The molecule has 0 aromatic heterocycles. The van der Waals surface area contributed by atoms with Crippen LogP contribution in [0.15, 0.2) is 35.5 Å². The molecule has 0 radical (unpaired) electrons. The number of hydrogen-bond acceptors (Lipinski definition) is 3. The van der Waals surface area contributed by atoms with E-state index in [-0.39, 0.29) is 22.3 Å². The predicted octanol–water partition coefficient (Wildman–Crippen LogP) is 11.4. The van der Waals surface area contributed by atoms with Crippen LogP contribution in [0.2, 0.25) is 36.3 Å². The van der Waals surface area contributed by atoms with E-state index in [1.165, 1.54) is 37.7 Å². The van der Waals surface area contributed by atoms with E-state index < -0.39 is 22.2 Å². The summed E-state index contributed by atoms with van der Waals surface area (Å²) in [6.45, 7) is 37.0. The van der Waals surface area contributed by atoms with Crippen LogP contribution in [0.25, 0.3) is 0 Å². The zero-order chi connectivity index (χ0) is 32.8. The lowest BCUT2D eigenvalue weighted by atomic mass is 9.60. The average molecular weight is 631 g/mol. The molecule has 0 aromatic rings. The van der Waals surface area contributed by atoms with Gasteiger partial charge in [0.05, 0.1) is 17.8 Å². The zero-order valence-corrected chi connectivity index (χ0v) is 32.9. The maximum absolute atomic E-state index is 10.4. The van der Waals surface area contributed by atoms with Crippen molar-refractivity contribution in [3.8, 4) is 0 Å². The molecule has 3 fully saturated rings. The molecule has 43 heavy (non-hydrogen) atoms. The summed E-state index contributed by atoms with van der Waals surface area (Å²) < 4.78 is 14.2. The van der Waals surface area contributed by atoms with E-state index in [4.69, 9.17) is 8.85 Å². The van der Waals surface area contributed by atoms with Crippen molar-refractivity contribution in [3.05, 3.63) is 35.5 Å². The normalized spacial score (nSPS) is 31.4. The van der Waals surface area contributed by atoms with Crippen LogP contribution in [0.4, 0.5) is 0 Å². The summed E-state index contributed by atoms with van der Waals surface area (Å²) >= 11 is 0. The molecule has 0 unspecified atom stereocenters. The summed E-state index contributed by atoms with van der Waals surface area (Å²) in [5, 5.41) is 10.7. The molecule has 0 aliphatic heterocycles. The first-order chi connectivity index (χ1) is 19.4. The highest BCUT2D eigenvalue weighted by molar-refractivity contribution is 6.74. The van der Waals surface area contributed by atoms with Crippen molar-refractivity contribution in [2.45, 2.75) is 181 Å². The first-order valence-electron chi connectivity index (χ1n) is 17.5. The third kappa shape index (κ3) is 8.67. The Bertz CT molecular complexity index is 1010. The fourth-order valence-electron chi connectivity index (χ4n) is 7.69. The van der Waals surface area contributed by atoms with E-state index in [9.17, 15) is 5.11 Å². The maximum Gasteiger partial charge on any atom is 0.192 e. The van der Waals surface area contributed by atoms with Crippen LogP contribution < -0.4 is 0 Å². The molecule has 6 atom stereocenters. The molecule has 5 heteroatoms. The van der Waals surface area contributed by atoms with Crippen LogP contribution in [0, 0.1) is 23.2 Å².